The number of carbonyl (C=O) groups is 1. The summed E-state index contributed by atoms with van der Waals surface area (Å²) in [5.41, 5.74) is 6.08. The van der Waals surface area contributed by atoms with E-state index in [4.69, 9.17) is 0 Å². The van der Waals surface area contributed by atoms with Gasteiger partial charge in [0.25, 0.3) is 0 Å². The zero-order valence-electron chi connectivity index (χ0n) is 14.1. The molecular formula is C21H26N2O. The van der Waals surface area contributed by atoms with Crippen LogP contribution >= 0.6 is 0 Å². The van der Waals surface area contributed by atoms with E-state index >= 15 is 0 Å². The molecule has 1 aliphatic rings. The number of nitrogens with zero attached hydrogens (tertiary/aromatic N) is 1. The van der Waals surface area contributed by atoms with Gasteiger partial charge in [0.05, 0.1) is 11.4 Å². The van der Waals surface area contributed by atoms with Crippen LogP contribution in [0.5, 0.6) is 0 Å². The smallest absolute Gasteiger partial charge is 0.119 e. The minimum absolute atomic E-state index is 0.470. The molecule has 0 unspecified atom stereocenters. The van der Waals surface area contributed by atoms with Crippen molar-refractivity contribution in [2.45, 2.75) is 44.6 Å². The highest BCUT2D eigenvalue weighted by molar-refractivity contribution is 5.61. The number of unbranched alkanes of at least 4 members (excludes halogenated alkanes) is 1. The normalized spacial score (nSPS) is 20.0. The molecule has 0 heterocycles. The van der Waals surface area contributed by atoms with Gasteiger partial charge in [0, 0.05) is 12.5 Å². The second-order valence-corrected chi connectivity index (χ2v) is 6.53. The van der Waals surface area contributed by atoms with E-state index in [9.17, 15) is 4.79 Å². The van der Waals surface area contributed by atoms with Gasteiger partial charge in [-0.1, -0.05) is 42.8 Å². The molecule has 1 saturated carbocycles. The van der Waals surface area contributed by atoms with Crippen LogP contribution in [-0.4, -0.2) is 12.3 Å². The summed E-state index contributed by atoms with van der Waals surface area (Å²) in [5, 5.41) is 2.21. The summed E-state index contributed by atoms with van der Waals surface area (Å²) >= 11 is 0. The van der Waals surface area contributed by atoms with Gasteiger partial charge in [0.2, 0.25) is 0 Å². The predicted molar refractivity (Wildman–Crippen MR) is 99.2 cm³/mol. The molecule has 0 radical (unpaired) electrons. The van der Waals surface area contributed by atoms with Gasteiger partial charge in [0.15, 0.2) is 0 Å². The molecule has 24 heavy (non-hydrogen) atoms. The second kappa shape index (κ2) is 8.65. The van der Waals surface area contributed by atoms with Gasteiger partial charge in [-0.25, -0.2) is 5.43 Å². The minimum atomic E-state index is 0.470. The van der Waals surface area contributed by atoms with Crippen molar-refractivity contribution in [1.29, 1.82) is 0 Å². The Labute approximate surface area is 144 Å². The quantitative estimate of drug-likeness (QED) is 0.427. The maximum Gasteiger partial charge on any atom is 0.119 e. The Morgan fingerprint density at radius 1 is 0.958 bits per heavy atom. The molecule has 0 bridgehead atoms. The molecule has 3 rings (SSSR count). The molecule has 126 valence electrons. The van der Waals surface area contributed by atoms with Crippen LogP contribution in [0, 0.1) is 5.92 Å². The molecule has 2 atom stereocenters. The first-order valence-corrected chi connectivity index (χ1v) is 8.98. The van der Waals surface area contributed by atoms with E-state index in [0.717, 1.165) is 30.5 Å². The number of hydrogen-bond acceptors (Lipinski definition) is 3. The Morgan fingerprint density at radius 2 is 1.58 bits per heavy atom. The minimum Gasteiger partial charge on any atom is -0.303 e. The van der Waals surface area contributed by atoms with E-state index in [0.29, 0.717) is 18.4 Å². The van der Waals surface area contributed by atoms with Crippen molar-refractivity contribution < 1.29 is 4.79 Å². The van der Waals surface area contributed by atoms with Crippen LogP contribution in [0.3, 0.4) is 0 Å². The fourth-order valence-corrected chi connectivity index (χ4v) is 3.63. The number of carbonyl (C=O) groups excluding carboxylic acids is 1. The number of rotatable bonds is 8. The lowest BCUT2D eigenvalue weighted by atomic mass is 9.97. The lowest BCUT2D eigenvalue weighted by Crippen LogP contribution is -2.43. The van der Waals surface area contributed by atoms with Crippen LogP contribution in [0.1, 0.15) is 38.5 Å². The largest absolute Gasteiger partial charge is 0.303 e. The lowest BCUT2D eigenvalue weighted by Gasteiger charge is -2.32. The monoisotopic (exact) mass is 322 g/mol. The third-order valence-electron chi connectivity index (χ3n) is 4.88. The van der Waals surface area contributed by atoms with Gasteiger partial charge in [-0.3, -0.25) is 5.01 Å². The number of para-hydroxylation sites is 2. The summed E-state index contributed by atoms with van der Waals surface area (Å²) in [4.78, 5) is 10.6. The van der Waals surface area contributed by atoms with Crippen molar-refractivity contribution in [2.75, 3.05) is 5.01 Å². The molecule has 0 saturated heterocycles. The van der Waals surface area contributed by atoms with Crippen molar-refractivity contribution in [1.82, 2.24) is 5.43 Å². The van der Waals surface area contributed by atoms with Gasteiger partial charge in [-0.15, -0.1) is 0 Å². The predicted octanol–water partition coefficient (Wildman–Crippen LogP) is 4.87. The van der Waals surface area contributed by atoms with Crippen LogP contribution in [0.15, 0.2) is 60.7 Å². The van der Waals surface area contributed by atoms with E-state index in [1.54, 1.807) is 0 Å². The number of hydrazine groups is 1. The number of benzene rings is 2. The summed E-state index contributed by atoms with van der Waals surface area (Å²) in [5.74, 6) is 0.653. The Bertz CT molecular complexity index is 575. The highest BCUT2D eigenvalue weighted by Gasteiger charge is 2.28. The highest BCUT2D eigenvalue weighted by Crippen LogP contribution is 2.32. The van der Waals surface area contributed by atoms with Gasteiger partial charge < -0.3 is 4.79 Å². The van der Waals surface area contributed by atoms with Crippen molar-refractivity contribution in [3.8, 4) is 0 Å². The number of aldehydes is 1. The molecule has 2 aromatic rings. The molecule has 0 aliphatic heterocycles. The average Bonchev–Trinajstić information content (AvgIpc) is 3.08. The zero-order chi connectivity index (χ0) is 16.6. The first-order valence-electron chi connectivity index (χ1n) is 8.98. The van der Waals surface area contributed by atoms with Crippen LogP contribution < -0.4 is 10.4 Å². The van der Waals surface area contributed by atoms with Crippen molar-refractivity contribution in [3.63, 3.8) is 0 Å². The molecule has 3 heteroatoms. The fourth-order valence-electron chi connectivity index (χ4n) is 3.63. The number of nitrogens with one attached hydrogen (secondary N) is 1. The Hall–Kier alpha value is -2.13. The molecule has 1 fully saturated rings. The molecule has 3 nitrogen and oxygen atoms in total. The van der Waals surface area contributed by atoms with Gasteiger partial charge >= 0.3 is 0 Å². The van der Waals surface area contributed by atoms with Gasteiger partial charge in [-0.05, 0) is 55.9 Å². The van der Waals surface area contributed by atoms with Crippen LogP contribution in [0.2, 0.25) is 0 Å². The zero-order valence-corrected chi connectivity index (χ0v) is 14.1. The lowest BCUT2D eigenvalue weighted by molar-refractivity contribution is -0.108. The Morgan fingerprint density at radius 3 is 2.17 bits per heavy atom. The molecule has 0 spiro atoms. The summed E-state index contributed by atoms with van der Waals surface area (Å²) in [6, 6.07) is 21.4. The first kappa shape index (κ1) is 16.7. The third-order valence-corrected chi connectivity index (χ3v) is 4.88. The molecule has 0 aromatic heterocycles. The molecule has 0 amide bonds. The van der Waals surface area contributed by atoms with Crippen LogP contribution in [0.4, 0.5) is 11.4 Å². The van der Waals surface area contributed by atoms with Crippen molar-refractivity contribution in [2.24, 2.45) is 5.92 Å². The Balaban J connectivity index is 1.75. The summed E-state index contributed by atoms with van der Waals surface area (Å²) in [7, 11) is 0. The van der Waals surface area contributed by atoms with E-state index in [-0.39, 0.29) is 0 Å². The first-order chi connectivity index (χ1) is 11.9. The maximum atomic E-state index is 10.6. The topological polar surface area (TPSA) is 32.3 Å². The standard InChI is InChI=1S/C21H26N2O/c24-17-8-7-10-18-11-9-16-21(18)22-23(19-12-3-1-4-13-19)20-14-5-2-6-15-20/h1-6,12-15,17-18,21-22H,7-11,16H2/t18-,21-/m1/s1. The van der Waals surface area contributed by atoms with E-state index in [1.807, 2.05) is 12.1 Å². The second-order valence-electron chi connectivity index (χ2n) is 6.53. The molecule has 1 aliphatic carbocycles. The average molecular weight is 322 g/mol. The molecular weight excluding hydrogens is 296 g/mol. The molecule has 1 N–H and O–H groups in total. The summed E-state index contributed by atoms with van der Waals surface area (Å²) in [6.45, 7) is 0. The SMILES string of the molecule is O=CCCC[C@@H]1CCC[C@H]1NN(c1ccccc1)c1ccccc1. The number of anilines is 2. The number of hydrogen-bond donors (Lipinski definition) is 1. The van der Waals surface area contributed by atoms with E-state index in [2.05, 4.69) is 59.0 Å². The molecule has 2 aromatic carbocycles. The Kier molecular flexibility index (Phi) is 6.02. The third kappa shape index (κ3) is 4.24. The van der Waals surface area contributed by atoms with Gasteiger partial charge in [0.1, 0.15) is 6.29 Å². The summed E-state index contributed by atoms with van der Waals surface area (Å²) < 4.78 is 0. The highest BCUT2D eigenvalue weighted by atomic mass is 16.1. The van der Waals surface area contributed by atoms with E-state index in [1.165, 1.54) is 19.3 Å². The van der Waals surface area contributed by atoms with Crippen molar-refractivity contribution >= 4 is 17.7 Å². The summed E-state index contributed by atoms with van der Waals surface area (Å²) in [6.07, 6.45) is 7.58. The van der Waals surface area contributed by atoms with Crippen molar-refractivity contribution in [3.05, 3.63) is 60.7 Å². The maximum absolute atomic E-state index is 10.6. The van der Waals surface area contributed by atoms with Crippen LogP contribution in [-0.2, 0) is 4.79 Å². The van der Waals surface area contributed by atoms with E-state index < -0.39 is 0 Å². The van der Waals surface area contributed by atoms with Gasteiger partial charge in [-0.2, -0.15) is 0 Å². The van der Waals surface area contributed by atoms with Crippen LogP contribution in [0.25, 0.3) is 0 Å². The fraction of sp³-hybridized carbons (Fsp3) is 0.381.